The number of benzene rings is 1. The monoisotopic (exact) mass is 192 g/mol. The zero-order valence-electron chi connectivity index (χ0n) is 6.72. The molecule has 5 heteroatoms. The lowest BCUT2D eigenvalue weighted by atomic mass is 10.2. The van der Waals surface area contributed by atoms with E-state index in [9.17, 15) is 13.2 Å². The third-order valence-electron chi connectivity index (χ3n) is 1.51. The van der Waals surface area contributed by atoms with Crippen molar-refractivity contribution >= 4 is 0 Å². The Balaban J connectivity index is 3.10. The highest BCUT2D eigenvalue weighted by Crippen LogP contribution is 2.35. The van der Waals surface area contributed by atoms with Crippen LogP contribution in [0.25, 0.3) is 0 Å². The summed E-state index contributed by atoms with van der Waals surface area (Å²) < 4.78 is 40.8. The summed E-state index contributed by atoms with van der Waals surface area (Å²) in [4.78, 5) is 0. The molecule has 0 aliphatic rings. The maximum Gasteiger partial charge on any atom is 0.416 e. The lowest BCUT2D eigenvalue weighted by Crippen LogP contribution is -2.04. The van der Waals surface area contributed by atoms with Gasteiger partial charge in [0.15, 0.2) is 11.5 Å². The minimum atomic E-state index is -4.44. The molecule has 0 fully saturated rings. The van der Waals surface area contributed by atoms with E-state index in [4.69, 9.17) is 5.11 Å². The third-order valence-corrected chi connectivity index (χ3v) is 1.51. The van der Waals surface area contributed by atoms with Gasteiger partial charge in [-0.2, -0.15) is 13.2 Å². The largest absolute Gasteiger partial charge is 0.504 e. The topological polar surface area (TPSA) is 29.5 Å². The molecule has 0 unspecified atom stereocenters. The lowest BCUT2D eigenvalue weighted by molar-refractivity contribution is -0.137. The Kier molecular flexibility index (Phi) is 2.36. The van der Waals surface area contributed by atoms with E-state index >= 15 is 0 Å². The number of hydrogen-bond acceptors (Lipinski definition) is 2. The second kappa shape index (κ2) is 3.16. The van der Waals surface area contributed by atoms with Crippen molar-refractivity contribution in [2.75, 3.05) is 7.11 Å². The summed E-state index contributed by atoms with van der Waals surface area (Å²) in [6, 6.07) is 2.54. The standard InChI is InChI=1S/C8H7F3O2/c1-13-7-3-2-5(4-6(7)12)8(9,10)11/h2-4,12H,1H3. The summed E-state index contributed by atoms with van der Waals surface area (Å²) in [5.74, 6) is -0.495. The van der Waals surface area contributed by atoms with Crippen molar-refractivity contribution in [3.05, 3.63) is 23.8 Å². The summed E-state index contributed by atoms with van der Waals surface area (Å²) in [5.41, 5.74) is -0.897. The number of methoxy groups -OCH3 is 1. The van der Waals surface area contributed by atoms with Crippen molar-refractivity contribution in [1.29, 1.82) is 0 Å². The van der Waals surface area contributed by atoms with Crippen LogP contribution in [0.2, 0.25) is 0 Å². The van der Waals surface area contributed by atoms with E-state index in [1.807, 2.05) is 0 Å². The molecule has 0 saturated carbocycles. The van der Waals surface area contributed by atoms with Crippen molar-refractivity contribution < 1.29 is 23.0 Å². The fourth-order valence-corrected chi connectivity index (χ4v) is 0.866. The van der Waals surface area contributed by atoms with E-state index in [0.717, 1.165) is 12.1 Å². The Morgan fingerprint density at radius 3 is 2.31 bits per heavy atom. The quantitative estimate of drug-likeness (QED) is 0.740. The molecule has 0 radical (unpaired) electrons. The molecule has 0 saturated heterocycles. The first-order chi connectivity index (χ1) is 5.95. The molecule has 0 heterocycles. The smallest absolute Gasteiger partial charge is 0.416 e. The highest BCUT2D eigenvalue weighted by Gasteiger charge is 2.31. The van der Waals surface area contributed by atoms with Crippen LogP contribution in [0.3, 0.4) is 0 Å². The Hall–Kier alpha value is -1.39. The van der Waals surface area contributed by atoms with Gasteiger partial charge in [-0.05, 0) is 18.2 Å². The van der Waals surface area contributed by atoms with Crippen molar-refractivity contribution in [3.8, 4) is 11.5 Å². The zero-order chi connectivity index (χ0) is 10.1. The predicted molar refractivity (Wildman–Crippen MR) is 39.7 cm³/mol. The molecule has 0 aromatic heterocycles. The van der Waals surface area contributed by atoms with E-state index in [-0.39, 0.29) is 5.75 Å². The van der Waals surface area contributed by atoms with Crippen LogP contribution >= 0.6 is 0 Å². The minimum Gasteiger partial charge on any atom is -0.504 e. The predicted octanol–water partition coefficient (Wildman–Crippen LogP) is 2.42. The average molecular weight is 192 g/mol. The number of ether oxygens (including phenoxy) is 1. The first kappa shape index (κ1) is 9.70. The first-order valence-electron chi connectivity index (χ1n) is 3.39. The van der Waals surface area contributed by atoms with Crippen molar-refractivity contribution in [1.82, 2.24) is 0 Å². The van der Waals surface area contributed by atoms with Gasteiger partial charge in [-0.15, -0.1) is 0 Å². The van der Waals surface area contributed by atoms with Crippen molar-refractivity contribution in [3.63, 3.8) is 0 Å². The number of halogens is 3. The zero-order valence-corrected chi connectivity index (χ0v) is 6.72. The van der Waals surface area contributed by atoms with Crippen molar-refractivity contribution in [2.45, 2.75) is 6.18 Å². The fraction of sp³-hybridized carbons (Fsp3) is 0.250. The highest BCUT2D eigenvalue weighted by atomic mass is 19.4. The molecule has 0 aliphatic carbocycles. The second-order valence-electron chi connectivity index (χ2n) is 2.38. The van der Waals surface area contributed by atoms with Crippen LogP contribution in [-0.4, -0.2) is 12.2 Å². The second-order valence-corrected chi connectivity index (χ2v) is 2.38. The number of alkyl halides is 3. The minimum absolute atomic E-state index is 0.0213. The normalized spacial score (nSPS) is 11.4. The lowest BCUT2D eigenvalue weighted by Gasteiger charge is -2.08. The van der Waals surface area contributed by atoms with Gasteiger partial charge in [0.05, 0.1) is 12.7 Å². The molecule has 1 aromatic carbocycles. The summed E-state index contributed by atoms with van der Waals surface area (Å²) in [5, 5.41) is 9.03. The fourth-order valence-electron chi connectivity index (χ4n) is 0.866. The molecule has 2 nitrogen and oxygen atoms in total. The van der Waals surface area contributed by atoms with Crippen LogP contribution in [0.15, 0.2) is 18.2 Å². The summed E-state index contributed by atoms with van der Waals surface area (Å²) >= 11 is 0. The van der Waals surface area contributed by atoms with Gasteiger partial charge in [0.2, 0.25) is 0 Å². The van der Waals surface area contributed by atoms with Gasteiger partial charge < -0.3 is 9.84 Å². The van der Waals surface area contributed by atoms with Gasteiger partial charge in [0.25, 0.3) is 0 Å². The number of rotatable bonds is 1. The molecule has 1 aromatic rings. The number of phenols is 1. The van der Waals surface area contributed by atoms with Gasteiger partial charge in [0.1, 0.15) is 0 Å². The van der Waals surface area contributed by atoms with Gasteiger partial charge in [-0.3, -0.25) is 0 Å². The van der Waals surface area contributed by atoms with Gasteiger partial charge in [0, 0.05) is 0 Å². The molecule has 72 valence electrons. The van der Waals surface area contributed by atoms with E-state index in [1.54, 1.807) is 0 Å². The Morgan fingerprint density at radius 2 is 1.92 bits per heavy atom. The van der Waals surface area contributed by atoms with E-state index in [0.29, 0.717) is 6.07 Å². The number of phenolic OH excluding ortho intramolecular Hbond substituents is 1. The Morgan fingerprint density at radius 1 is 1.31 bits per heavy atom. The number of aromatic hydroxyl groups is 1. The van der Waals surface area contributed by atoms with Crippen LogP contribution < -0.4 is 4.74 Å². The van der Waals surface area contributed by atoms with Crippen LogP contribution in [-0.2, 0) is 6.18 Å². The van der Waals surface area contributed by atoms with Crippen molar-refractivity contribution in [2.24, 2.45) is 0 Å². The first-order valence-corrected chi connectivity index (χ1v) is 3.39. The highest BCUT2D eigenvalue weighted by molar-refractivity contribution is 5.42. The van der Waals surface area contributed by atoms with Crippen LogP contribution in [0, 0.1) is 0 Å². The van der Waals surface area contributed by atoms with Crippen LogP contribution in [0.1, 0.15) is 5.56 Å². The number of hydrogen-bond donors (Lipinski definition) is 1. The summed E-state index contributed by atoms with van der Waals surface area (Å²) in [6.45, 7) is 0. The Bertz CT molecular complexity index is 307. The van der Waals surface area contributed by atoms with Crippen LogP contribution in [0.4, 0.5) is 13.2 Å². The average Bonchev–Trinajstić information content (AvgIpc) is 2.02. The maximum absolute atomic E-state index is 12.1. The molecule has 0 aliphatic heterocycles. The van der Waals surface area contributed by atoms with E-state index < -0.39 is 17.5 Å². The van der Waals surface area contributed by atoms with Gasteiger partial charge >= 0.3 is 6.18 Å². The molecular formula is C8H7F3O2. The molecule has 0 spiro atoms. The van der Waals surface area contributed by atoms with E-state index in [2.05, 4.69) is 4.74 Å². The van der Waals surface area contributed by atoms with Gasteiger partial charge in [-0.25, -0.2) is 0 Å². The molecule has 0 amide bonds. The molecule has 13 heavy (non-hydrogen) atoms. The summed E-state index contributed by atoms with van der Waals surface area (Å²) in [6.07, 6.45) is -4.44. The molecule has 1 N–H and O–H groups in total. The summed E-state index contributed by atoms with van der Waals surface area (Å²) in [7, 11) is 1.27. The van der Waals surface area contributed by atoms with Gasteiger partial charge in [-0.1, -0.05) is 0 Å². The Labute approximate surface area is 72.6 Å². The SMILES string of the molecule is COc1ccc(C(F)(F)F)cc1O. The third kappa shape index (κ3) is 2.05. The molecule has 0 atom stereocenters. The molecule has 0 bridgehead atoms. The molecule has 1 rings (SSSR count). The molecular weight excluding hydrogens is 185 g/mol. The van der Waals surface area contributed by atoms with Crippen LogP contribution in [0.5, 0.6) is 11.5 Å². The van der Waals surface area contributed by atoms with E-state index in [1.165, 1.54) is 7.11 Å². The maximum atomic E-state index is 12.1.